The smallest absolute Gasteiger partial charge is 0.296 e. The van der Waals surface area contributed by atoms with Crippen molar-refractivity contribution in [1.29, 1.82) is 0 Å². The Labute approximate surface area is 95.4 Å². The van der Waals surface area contributed by atoms with Crippen LogP contribution in [0, 0.1) is 0 Å². The second-order valence-corrected chi connectivity index (χ2v) is 4.91. The minimum Gasteiger partial charge on any atom is -0.398 e. The molecule has 0 saturated heterocycles. The number of nitrogens with one attached hydrogen (secondary N) is 1. The summed E-state index contributed by atoms with van der Waals surface area (Å²) in [6.45, 7) is 3.58. The Bertz CT molecular complexity index is 457. The molecule has 1 rings (SSSR count). The van der Waals surface area contributed by atoms with Gasteiger partial charge in [-0.1, -0.05) is 13.0 Å². The lowest BCUT2D eigenvalue weighted by molar-refractivity contribution is 0.483. The fourth-order valence-electron chi connectivity index (χ4n) is 1.35. The highest BCUT2D eigenvalue weighted by molar-refractivity contribution is 7.86. The molecule has 5 nitrogen and oxygen atoms in total. The summed E-state index contributed by atoms with van der Waals surface area (Å²) in [6, 6.07) is 4.49. The van der Waals surface area contributed by atoms with Gasteiger partial charge < -0.3 is 11.1 Å². The second-order valence-electron chi connectivity index (χ2n) is 3.52. The standard InChI is InChI=1S/C10H16N2O3S/c1-2-5-12-7-8-3-4-10(9(11)6-8)16(13,14)15/h3-4,6,12H,2,5,7,11H2,1H3,(H,13,14,15). The van der Waals surface area contributed by atoms with Crippen LogP contribution in [0.15, 0.2) is 23.1 Å². The molecule has 0 saturated carbocycles. The highest BCUT2D eigenvalue weighted by Crippen LogP contribution is 2.19. The molecule has 0 radical (unpaired) electrons. The molecular formula is C10H16N2O3S. The van der Waals surface area contributed by atoms with Gasteiger partial charge in [0.1, 0.15) is 4.90 Å². The van der Waals surface area contributed by atoms with E-state index < -0.39 is 10.1 Å². The van der Waals surface area contributed by atoms with Crippen molar-refractivity contribution in [3.8, 4) is 0 Å². The topological polar surface area (TPSA) is 92.4 Å². The molecule has 1 aromatic carbocycles. The van der Waals surface area contributed by atoms with Crippen LogP contribution in [0.5, 0.6) is 0 Å². The summed E-state index contributed by atoms with van der Waals surface area (Å²) in [4.78, 5) is -0.244. The van der Waals surface area contributed by atoms with Crippen molar-refractivity contribution in [1.82, 2.24) is 5.32 Å². The monoisotopic (exact) mass is 244 g/mol. The van der Waals surface area contributed by atoms with Gasteiger partial charge in [-0.3, -0.25) is 4.55 Å². The van der Waals surface area contributed by atoms with Gasteiger partial charge in [-0.15, -0.1) is 0 Å². The first-order valence-electron chi connectivity index (χ1n) is 5.01. The number of nitrogens with two attached hydrogens (primary N) is 1. The zero-order chi connectivity index (χ0) is 12.2. The number of hydrogen-bond acceptors (Lipinski definition) is 4. The largest absolute Gasteiger partial charge is 0.398 e. The first-order chi connectivity index (χ1) is 7.45. The lowest BCUT2D eigenvalue weighted by Crippen LogP contribution is -2.14. The Kier molecular flexibility index (Phi) is 4.28. The Morgan fingerprint density at radius 1 is 1.44 bits per heavy atom. The Balaban J connectivity index is 2.83. The summed E-state index contributed by atoms with van der Waals surface area (Å²) in [5.74, 6) is 0. The number of benzene rings is 1. The molecule has 0 aliphatic heterocycles. The molecule has 0 amide bonds. The van der Waals surface area contributed by atoms with E-state index in [1.54, 1.807) is 12.1 Å². The van der Waals surface area contributed by atoms with Gasteiger partial charge in [-0.05, 0) is 30.7 Å². The van der Waals surface area contributed by atoms with E-state index in [0.717, 1.165) is 18.5 Å². The van der Waals surface area contributed by atoms with E-state index in [1.165, 1.54) is 6.07 Å². The van der Waals surface area contributed by atoms with Crippen LogP contribution in [-0.4, -0.2) is 19.5 Å². The molecular weight excluding hydrogens is 228 g/mol. The van der Waals surface area contributed by atoms with Crippen LogP contribution < -0.4 is 11.1 Å². The van der Waals surface area contributed by atoms with Gasteiger partial charge in [-0.2, -0.15) is 8.42 Å². The summed E-state index contributed by atoms with van der Waals surface area (Å²) in [6.07, 6.45) is 1.03. The third-order valence-electron chi connectivity index (χ3n) is 2.11. The molecule has 90 valence electrons. The summed E-state index contributed by atoms with van der Waals surface area (Å²) in [5.41, 5.74) is 6.50. The lowest BCUT2D eigenvalue weighted by atomic mass is 10.2. The molecule has 16 heavy (non-hydrogen) atoms. The zero-order valence-electron chi connectivity index (χ0n) is 9.10. The highest BCUT2D eigenvalue weighted by atomic mass is 32.2. The van der Waals surface area contributed by atoms with Crippen molar-refractivity contribution >= 4 is 15.8 Å². The van der Waals surface area contributed by atoms with Gasteiger partial charge in [0.25, 0.3) is 10.1 Å². The van der Waals surface area contributed by atoms with Gasteiger partial charge in [-0.25, -0.2) is 0 Å². The maximum absolute atomic E-state index is 10.9. The highest BCUT2D eigenvalue weighted by Gasteiger charge is 2.13. The summed E-state index contributed by atoms with van der Waals surface area (Å²) in [7, 11) is -4.22. The minimum absolute atomic E-state index is 0.0679. The third-order valence-corrected chi connectivity index (χ3v) is 3.04. The van der Waals surface area contributed by atoms with Crippen LogP contribution in [0.3, 0.4) is 0 Å². The number of rotatable bonds is 5. The fraction of sp³-hybridized carbons (Fsp3) is 0.400. The molecule has 0 spiro atoms. The molecule has 1 aromatic rings. The van der Waals surface area contributed by atoms with Gasteiger partial charge in [0, 0.05) is 6.54 Å². The van der Waals surface area contributed by atoms with Crippen LogP contribution >= 0.6 is 0 Å². The normalized spacial score (nSPS) is 11.6. The maximum atomic E-state index is 10.9. The molecule has 0 bridgehead atoms. The fourth-order valence-corrected chi connectivity index (χ4v) is 1.95. The SMILES string of the molecule is CCCNCc1ccc(S(=O)(=O)O)c(N)c1. The van der Waals surface area contributed by atoms with E-state index in [9.17, 15) is 8.42 Å². The summed E-state index contributed by atoms with van der Waals surface area (Å²) < 4.78 is 30.6. The summed E-state index contributed by atoms with van der Waals surface area (Å²) in [5, 5.41) is 3.17. The minimum atomic E-state index is -4.22. The first-order valence-corrected chi connectivity index (χ1v) is 6.45. The zero-order valence-corrected chi connectivity index (χ0v) is 9.92. The van der Waals surface area contributed by atoms with E-state index in [1.807, 2.05) is 0 Å². The third kappa shape index (κ3) is 3.48. The second kappa shape index (κ2) is 5.29. The molecule has 4 N–H and O–H groups in total. The van der Waals surface area contributed by atoms with Crippen LogP contribution in [0.4, 0.5) is 5.69 Å². The van der Waals surface area contributed by atoms with Crippen LogP contribution in [-0.2, 0) is 16.7 Å². The molecule has 6 heteroatoms. The van der Waals surface area contributed by atoms with Crippen LogP contribution in [0.1, 0.15) is 18.9 Å². The Hall–Kier alpha value is -1.11. The van der Waals surface area contributed by atoms with Crippen LogP contribution in [0.25, 0.3) is 0 Å². The average Bonchev–Trinajstić information content (AvgIpc) is 2.16. The molecule has 0 aliphatic carbocycles. The van der Waals surface area contributed by atoms with Crippen molar-refractivity contribution in [2.24, 2.45) is 0 Å². The lowest BCUT2D eigenvalue weighted by Gasteiger charge is -2.07. The number of nitrogen functional groups attached to an aromatic ring is 1. The van der Waals surface area contributed by atoms with E-state index in [0.29, 0.717) is 6.54 Å². The van der Waals surface area contributed by atoms with Crippen molar-refractivity contribution < 1.29 is 13.0 Å². The van der Waals surface area contributed by atoms with Crippen molar-refractivity contribution in [2.45, 2.75) is 24.8 Å². The van der Waals surface area contributed by atoms with E-state index in [4.69, 9.17) is 10.3 Å². The van der Waals surface area contributed by atoms with E-state index in [-0.39, 0.29) is 10.6 Å². The van der Waals surface area contributed by atoms with Gasteiger partial charge >= 0.3 is 0 Å². The molecule has 0 heterocycles. The molecule has 0 fully saturated rings. The maximum Gasteiger partial charge on any atom is 0.296 e. The Morgan fingerprint density at radius 3 is 2.62 bits per heavy atom. The number of hydrogen-bond donors (Lipinski definition) is 3. The Morgan fingerprint density at radius 2 is 2.12 bits per heavy atom. The van der Waals surface area contributed by atoms with Gasteiger partial charge in [0.15, 0.2) is 0 Å². The van der Waals surface area contributed by atoms with Crippen molar-refractivity contribution in [2.75, 3.05) is 12.3 Å². The van der Waals surface area contributed by atoms with E-state index in [2.05, 4.69) is 12.2 Å². The molecule has 0 aliphatic rings. The predicted octanol–water partition coefficient (Wildman–Crippen LogP) is 1.02. The predicted molar refractivity (Wildman–Crippen MR) is 62.7 cm³/mol. The molecule has 0 aromatic heterocycles. The average molecular weight is 244 g/mol. The van der Waals surface area contributed by atoms with Crippen molar-refractivity contribution in [3.63, 3.8) is 0 Å². The first kappa shape index (κ1) is 13.0. The molecule has 0 unspecified atom stereocenters. The van der Waals surface area contributed by atoms with E-state index >= 15 is 0 Å². The van der Waals surface area contributed by atoms with Gasteiger partial charge in [0.2, 0.25) is 0 Å². The van der Waals surface area contributed by atoms with Crippen molar-refractivity contribution in [3.05, 3.63) is 23.8 Å². The summed E-state index contributed by atoms with van der Waals surface area (Å²) >= 11 is 0. The quantitative estimate of drug-likeness (QED) is 0.408. The number of anilines is 1. The molecule has 0 atom stereocenters. The van der Waals surface area contributed by atoms with Crippen LogP contribution in [0.2, 0.25) is 0 Å². The van der Waals surface area contributed by atoms with Gasteiger partial charge in [0.05, 0.1) is 5.69 Å².